The topological polar surface area (TPSA) is 20.2 Å². The lowest BCUT2D eigenvalue weighted by molar-refractivity contribution is -0.0993. The molecule has 2 unspecified atom stereocenters. The van der Waals surface area contributed by atoms with Gasteiger partial charge >= 0.3 is 0 Å². The Hall–Kier alpha value is -0.300. The van der Waals surface area contributed by atoms with E-state index in [1.54, 1.807) is 5.57 Å². The maximum atomic E-state index is 11.0. The Morgan fingerprint density at radius 1 is 1.25 bits per heavy atom. The Bertz CT molecular complexity index is 412. The van der Waals surface area contributed by atoms with Crippen LogP contribution in [0.15, 0.2) is 11.6 Å². The van der Waals surface area contributed by atoms with E-state index in [-0.39, 0.29) is 6.10 Å². The molecule has 0 aromatic heterocycles. The summed E-state index contributed by atoms with van der Waals surface area (Å²) in [6.07, 6.45) is 15.9. The third-order valence-electron chi connectivity index (χ3n) is 7.58. The van der Waals surface area contributed by atoms with E-state index in [0.29, 0.717) is 11.3 Å². The van der Waals surface area contributed by atoms with Gasteiger partial charge in [0.05, 0.1) is 6.10 Å². The summed E-state index contributed by atoms with van der Waals surface area (Å²) < 4.78 is 0. The molecule has 20 heavy (non-hydrogen) atoms. The summed E-state index contributed by atoms with van der Waals surface area (Å²) in [5.74, 6) is 3.12. The molecule has 1 heteroatoms. The van der Waals surface area contributed by atoms with Crippen LogP contribution in [-0.2, 0) is 0 Å². The first-order chi connectivity index (χ1) is 9.75. The number of hydrogen-bond donors (Lipinski definition) is 1. The van der Waals surface area contributed by atoms with Crippen molar-refractivity contribution in [2.45, 2.75) is 77.2 Å². The van der Waals surface area contributed by atoms with E-state index in [1.165, 1.54) is 57.8 Å². The van der Waals surface area contributed by atoms with Crippen LogP contribution in [0, 0.1) is 29.1 Å². The van der Waals surface area contributed by atoms with E-state index in [0.717, 1.165) is 24.2 Å². The van der Waals surface area contributed by atoms with E-state index in [1.807, 2.05) is 0 Å². The molecular formula is C19H30O. The average molecular weight is 274 g/mol. The first-order valence-electron chi connectivity index (χ1n) is 9.12. The van der Waals surface area contributed by atoms with Crippen LogP contribution in [0.4, 0.5) is 0 Å². The van der Waals surface area contributed by atoms with Crippen LogP contribution in [0.1, 0.15) is 71.1 Å². The van der Waals surface area contributed by atoms with Crippen molar-refractivity contribution in [1.29, 1.82) is 0 Å². The van der Waals surface area contributed by atoms with Crippen molar-refractivity contribution in [3.05, 3.63) is 11.6 Å². The molecule has 1 N–H and O–H groups in total. The highest BCUT2D eigenvalue weighted by molar-refractivity contribution is 5.19. The zero-order valence-corrected chi connectivity index (χ0v) is 13.0. The molecule has 4 aliphatic rings. The number of aliphatic hydroxyl groups excluding tert-OH is 1. The number of aliphatic hydroxyl groups is 1. The molecule has 3 fully saturated rings. The van der Waals surface area contributed by atoms with Gasteiger partial charge in [-0.3, -0.25) is 0 Å². The molecule has 0 aliphatic heterocycles. The molecular weight excluding hydrogens is 244 g/mol. The van der Waals surface area contributed by atoms with E-state index in [9.17, 15) is 5.11 Å². The van der Waals surface area contributed by atoms with Crippen molar-refractivity contribution in [3.8, 4) is 0 Å². The van der Waals surface area contributed by atoms with Crippen LogP contribution >= 0.6 is 0 Å². The van der Waals surface area contributed by atoms with Gasteiger partial charge in [0, 0.05) is 0 Å². The van der Waals surface area contributed by atoms with Crippen LogP contribution in [0.5, 0.6) is 0 Å². The van der Waals surface area contributed by atoms with E-state index >= 15 is 0 Å². The minimum atomic E-state index is -0.0129. The molecule has 0 saturated heterocycles. The summed E-state index contributed by atoms with van der Waals surface area (Å²) in [5, 5.41) is 11.0. The largest absolute Gasteiger partial charge is 0.393 e. The molecule has 1 nitrogen and oxygen atoms in total. The number of allylic oxidation sites excluding steroid dienone is 2. The van der Waals surface area contributed by atoms with Gasteiger partial charge in [-0.2, -0.15) is 0 Å². The number of fused-ring (bicyclic) bond motifs is 5. The van der Waals surface area contributed by atoms with Crippen molar-refractivity contribution in [2.75, 3.05) is 0 Å². The van der Waals surface area contributed by atoms with Crippen LogP contribution in [0.3, 0.4) is 0 Å². The summed E-state index contributed by atoms with van der Waals surface area (Å²) in [4.78, 5) is 0. The third kappa shape index (κ3) is 1.78. The lowest BCUT2D eigenvalue weighted by Crippen LogP contribution is -2.52. The first-order valence-corrected chi connectivity index (χ1v) is 9.12. The molecule has 0 aromatic carbocycles. The fourth-order valence-electron chi connectivity index (χ4n) is 6.76. The van der Waals surface area contributed by atoms with Crippen LogP contribution in [0.2, 0.25) is 0 Å². The zero-order chi connectivity index (χ0) is 13.7. The SMILES string of the molecule is CCC12CCC[C@H]1[C@@H]1CCC3=CCCC[C@@H]3[C@H]1C(O)C2. The predicted octanol–water partition coefficient (Wildman–Crippen LogP) is 4.70. The van der Waals surface area contributed by atoms with E-state index < -0.39 is 0 Å². The van der Waals surface area contributed by atoms with Gasteiger partial charge in [0.1, 0.15) is 0 Å². The lowest BCUT2D eigenvalue weighted by atomic mass is 9.50. The summed E-state index contributed by atoms with van der Waals surface area (Å²) in [6.45, 7) is 2.38. The highest BCUT2D eigenvalue weighted by atomic mass is 16.3. The molecule has 0 spiro atoms. The van der Waals surface area contributed by atoms with E-state index in [2.05, 4.69) is 13.0 Å². The Balaban J connectivity index is 1.68. The zero-order valence-electron chi connectivity index (χ0n) is 13.0. The molecule has 0 amide bonds. The van der Waals surface area contributed by atoms with E-state index in [4.69, 9.17) is 0 Å². The molecule has 3 saturated carbocycles. The lowest BCUT2D eigenvalue weighted by Gasteiger charge is -2.55. The second-order valence-electron chi connectivity index (χ2n) is 8.08. The summed E-state index contributed by atoms with van der Waals surface area (Å²) >= 11 is 0. The van der Waals surface area contributed by atoms with Gasteiger partial charge < -0.3 is 5.11 Å². The average Bonchev–Trinajstić information content (AvgIpc) is 2.91. The van der Waals surface area contributed by atoms with Gasteiger partial charge in [-0.15, -0.1) is 0 Å². The van der Waals surface area contributed by atoms with Crippen molar-refractivity contribution >= 4 is 0 Å². The Morgan fingerprint density at radius 3 is 3.00 bits per heavy atom. The highest BCUT2D eigenvalue weighted by Crippen LogP contribution is 2.63. The molecule has 112 valence electrons. The van der Waals surface area contributed by atoms with Gasteiger partial charge in [-0.1, -0.05) is 31.4 Å². The smallest absolute Gasteiger partial charge is 0.0582 e. The Morgan fingerprint density at radius 2 is 2.15 bits per heavy atom. The number of rotatable bonds is 1. The molecule has 0 aromatic rings. The maximum Gasteiger partial charge on any atom is 0.0582 e. The minimum absolute atomic E-state index is 0.0129. The Labute approximate surface area is 123 Å². The van der Waals surface area contributed by atoms with Gasteiger partial charge in [-0.05, 0) is 80.5 Å². The molecule has 4 rings (SSSR count). The normalized spacial score (nSPS) is 50.9. The van der Waals surface area contributed by atoms with Crippen molar-refractivity contribution in [2.24, 2.45) is 29.1 Å². The summed E-state index contributed by atoms with van der Waals surface area (Å²) in [6, 6.07) is 0. The predicted molar refractivity (Wildman–Crippen MR) is 82.3 cm³/mol. The van der Waals surface area contributed by atoms with Gasteiger partial charge in [0.25, 0.3) is 0 Å². The van der Waals surface area contributed by atoms with Crippen LogP contribution in [0.25, 0.3) is 0 Å². The van der Waals surface area contributed by atoms with Crippen molar-refractivity contribution in [1.82, 2.24) is 0 Å². The van der Waals surface area contributed by atoms with Crippen molar-refractivity contribution in [3.63, 3.8) is 0 Å². The van der Waals surface area contributed by atoms with Crippen molar-refractivity contribution < 1.29 is 5.11 Å². The second kappa shape index (κ2) is 4.87. The van der Waals surface area contributed by atoms with Gasteiger partial charge in [0.2, 0.25) is 0 Å². The fourth-order valence-corrected chi connectivity index (χ4v) is 6.76. The van der Waals surface area contributed by atoms with Gasteiger partial charge in [-0.25, -0.2) is 0 Å². The highest BCUT2D eigenvalue weighted by Gasteiger charge is 2.56. The molecule has 4 aliphatic carbocycles. The first kappa shape index (κ1) is 13.4. The Kier molecular flexibility index (Phi) is 3.25. The minimum Gasteiger partial charge on any atom is -0.393 e. The standard InChI is InChI=1S/C19H30O/c1-2-19-11-5-8-16(19)15-10-9-13-6-3-4-7-14(13)18(15)17(20)12-19/h6,14-18,20H,2-5,7-12H2,1H3/t14-,15-,16-,17?,18+,19?/m0/s1. The fraction of sp³-hybridized carbons (Fsp3) is 0.895. The molecule has 6 atom stereocenters. The third-order valence-corrected chi connectivity index (χ3v) is 7.58. The summed E-state index contributed by atoms with van der Waals surface area (Å²) in [5.41, 5.74) is 2.23. The molecule has 0 heterocycles. The molecule has 0 bridgehead atoms. The quantitative estimate of drug-likeness (QED) is 0.687. The van der Waals surface area contributed by atoms with Crippen LogP contribution in [-0.4, -0.2) is 11.2 Å². The second-order valence-corrected chi connectivity index (χ2v) is 8.08. The maximum absolute atomic E-state index is 11.0. The summed E-state index contributed by atoms with van der Waals surface area (Å²) in [7, 11) is 0. The van der Waals surface area contributed by atoms with Gasteiger partial charge in [0.15, 0.2) is 0 Å². The number of hydrogen-bond acceptors (Lipinski definition) is 1. The molecule has 0 radical (unpaired) electrons. The van der Waals surface area contributed by atoms with Crippen LogP contribution < -0.4 is 0 Å². The monoisotopic (exact) mass is 274 g/mol.